The van der Waals surface area contributed by atoms with Crippen LogP contribution in [0.2, 0.25) is 0 Å². The lowest BCUT2D eigenvalue weighted by atomic mass is 10.1. The zero-order valence-corrected chi connectivity index (χ0v) is 12.2. The van der Waals surface area contributed by atoms with Gasteiger partial charge in [0, 0.05) is 14.2 Å². The number of carbonyl (C=O) groups excluding carboxylic acids is 2. The fraction of sp³-hybridized carbons (Fsp3) is 0.846. The number of nitrogens with one attached hydrogen (secondary N) is 1. The third-order valence-electron chi connectivity index (χ3n) is 3.10. The zero-order chi connectivity index (χ0) is 14.1. The summed E-state index contributed by atoms with van der Waals surface area (Å²) in [7, 11) is 4.95. The molecular formula is C13H26N2O3. The van der Waals surface area contributed by atoms with Gasteiger partial charge in [-0.15, -0.1) is 0 Å². The Morgan fingerprint density at radius 2 is 2.00 bits per heavy atom. The molecule has 0 aromatic heterocycles. The maximum absolute atomic E-state index is 12.3. The van der Waals surface area contributed by atoms with Crippen LogP contribution in [0.5, 0.6) is 0 Å². The second-order valence-electron chi connectivity index (χ2n) is 4.51. The molecule has 2 atom stereocenters. The van der Waals surface area contributed by atoms with E-state index in [1.54, 1.807) is 14.1 Å². The quantitative estimate of drug-likeness (QED) is 0.665. The van der Waals surface area contributed by atoms with Crippen LogP contribution >= 0.6 is 0 Å². The third kappa shape index (κ3) is 5.14. The predicted molar refractivity (Wildman–Crippen MR) is 71.5 cm³/mol. The van der Waals surface area contributed by atoms with Gasteiger partial charge in [-0.2, -0.15) is 0 Å². The molecule has 1 N–H and O–H groups in total. The first kappa shape index (κ1) is 17.1. The Balaban J connectivity index is 4.65. The topological polar surface area (TPSA) is 58.6 Å². The highest BCUT2D eigenvalue weighted by Gasteiger charge is 2.28. The fourth-order valence-corrected chi connectivity index (χ4v) is 1.86. The van der Waals surface area contributed by atoms with Crippen molar-refractivity contribution >= 4 is 11.7 Å². The van der Waals surface area contributed by atoms with E-state index in [0.29, 0.717) is 0 Å². The van der Waals surface area contributed by atoms with E-state index >= 15 is 0 Å². The molecule has 1 amide bonds. The molecule has 0 aliphatic heterocycles. The summed E-state index contributed by atoms with van der Waals surface area (Å²) in [4.78, 5) is 25.3. The van der Waals surface area contributed by atoms with Crippen molar-refractivity contribution in [3.8, 4) is 0 Å². The average molecular weight is 258 g/mol. The lowest BCUT2D eigenvalue weighted by Crippen LogP contribution is -2.51. The van der Waals surface area contributed by atoms with Gasteiger partial charge in [-0.1, -0.05) is 19.8 Å². The van der Waals surface area contributed by atoms with Crippen LogP contribution < -0.4 is 5.32 Å². The Labute approximate surface area is 110 Å². The van der Waals surface area contributed by atoms with Gasteiger partial charge in [0.2, 0.25) is 5.91 Å². The smallest absolute Gasteiger partial charge is 0.240 e. The molecule has 106 valence electrons. The second kappa shape index (κ2) is 9.05. The summed E-state index contributed by atoms with van der Waals surface area (Å²) < 4.78 is 5.00. The van der Waals surface area contributed by atoms with E-state index in [-0.39, 0.29) is 24.3 Å². The van der Waals surface area contributed by atoms with Crippen LogP contribution in [-0.2, 0) is 14.3 Å². The number of unbranched alkanes of at least 4 members (excludes halogenated alkanes) is 1. The zero-order valence-electron chi connectivity index (χ0n) is 12.2. The molecule has 18 heavy (non-hydrogen) atoms. The lowest BCUT2D eigenvalue weighted by Gasteiger charge is -2.29. The minimum Gasteiger partial charge on any atom is -0.382 e. The summed E-state index contributed by atoms with van der Waals surface area (Å²) in [6, 6.07) is -0.728. The van der Waals surface area contributed by atoms with Crippen LogP contribution in [0.4, 0.5) is 0 Å². The Bertz CT molecular complexity index is 269. The molecule has 0 aromatic carbocycles. The number of hydrogen-bond donors (Lipinski definition) is 1. The van der Waals surface area contributed by atoms with Gasteiger partial charge in [-0.3, -0.25) is 9.59 Å². The van der Waals surface area contributed by atoms with E-state index in [9.17, 15) is 9.59 Å². The molecule has 0 saturated carbocycles. The van der Waals surface area contributed by atoms with Crippen molar-refractivity contribution in [3.63, 3.8) is 0 Å². The van der Waals surface area contributed by atoms with Crippen molar-refractivity contribution in [3.05, 3.63) is 0 Å². The number of hydrogen-bond acceptors (Lipinski definition) is 4. The van der Waals surface area contributed by atoms with Crippen molar-refractivity contribution in [1.82, 2.24) is 10.2 Å². The van der Waals surface area contributed by atoms with Gasteiger partial charge < -0.3 is 15.0 Å². The number of methoxy groups -OCH3 is 1. The Hall–Kier alpha value is -0.940. The maximum Gasteiger partial charge on any atom is 0.240 e. The molecule has 0 bridgehead atoms. The fourth-order valence-electron chi connectivity index (χ4n) is 1.86. The summed E-state index contributed by atoms with van der Waals surface area (Å²) >= 11 is 0. The van der Waals surface area contributed by atoms with Crippen molar-refractivity contribution in [1.29, 1.82) is 0 Å². The standard InChI is InChI=1S/C13H26N2O3/c1-6-7-8-11(14-3)13(17)15(4)12(9-18-5)10(2)16/h11-12,14H,6-9H2,1-5H3. The summed E-state index contributed by atoms with van der Waals surface area (Å²) in [5.41, 5.74) is 0. The number of likely N-dealkylation sites (N-methyl/N-ethyl adjacent to an activating group) is 2. The van der Waals surface area contributed by atoms with Crippen LogP contribution in [0, 0.1) is 0 Å². The summed E-state index contributed by atoms with van der Waals surface area (Å²) in [6.07, 6.45) is 2.82. The third-order valence-corrected chi connectivity index (χ3v) is 3.10. The van der Waals surface area contributed by atoms with Crippen molar-refractivity contribution < 1.29 is 14.3 Å². The van der Waals surface area contributed by atoms with Gasteiger partial charge >= 0.3 is 0 Å². The molecule has 0 spiro atoms. The lowest BCUT2D eigenvalue weighted by molar-refractivity contribution is -0.140. The molecule has 5 heteroatoms. The Kier molecular flexibility index (Phi) is 8.58. The van der Waals surface area contributed by atoms with E-state index in [2.05, 4.69) is 12.2 Å². The molecular weight excluding hydrogens is 232 g/mol. The number of ether oxygens (including phenoxy) is 1. The van der Waals surface area contributed by atoms with Gasteiger partial charge in [-0.05, 0) is 20.4 Å². The highest BCUT2D eigenvalue weighted by atomic mass is 16.5. The molecule has 0 radical (unpaired) electrons. The molecule has 0 aliphatic rings. The van der Waals surface area contributed by atoms with Crippen LogP contribution in [0.25, 0.3) is 0 Å². The van der Waals surface area contributed by atoms with Crippen molar-refractivity contribution in [2.75, 3.05) is 27.8 Å². The second-order valence-corrected chi connectivity index (χ2v) is 4.51. The van der Waals surface area contributed by atoms with Gasteiger partial charge in [0.15, 0.2) is 5.78 Å². The molecule has 0 rings (SSSR count). The van der Waals surface area contributed by atoms with E-state index < -0.39 is 6.04 Å². The van der Waals surface area contributed by atoms with E-state index in [1.807, 2.05) is 0 Å². The number of nitrogens with zero attached hydrogens (tertiary/aromatic N) is 1. The molecule has 0 saturated heterocycles. The monoisotopic (exact) mass is 258 g/mol. The van der Waals surface area contributed by atoms with Crippen LogP contribution in [0.1, 0.15) is 33.1 Å². The number of Topliss-reactive ketones (excluding diaryl/α,β-unsaturated/α-hetero) is 1. The normalized spacial score (nSPS) is 14.1. The summed E-state index contributed by atoms with van der Waals surface area (Å²) in [6.45, 7) is 3.81. The van der Waals surface area contributed by atoms with E-state index in [0.717, 1.165) is 19.3 Å². The van der Waals surface area contributed by atoms with E-state index in [1.165, 1.54) is 18.9 Å². The predicted octanol–water partition coefficient (Wildman–Crippen LogP) is 0.827. The first-order valence-electron chi connectivity index (χ1n) is 6.42. The number of carbonyl (C=O) groups is 2. The minimum absolute atomic E-state index is 0.0526. The molecule has 0 aliphatic carbocycles. The van der Waals surface area contributed by atoms with Crippen molar-refractivity contribution in [2.45, 2.75) is 45.2 Å². The molecule has 5 nitrogen and oxygen atoms in total. The van der Waals surface area contributed by atoms with Crippen molar-refractivity contribution in [2.24, 2.45) is 0 Å². The van der Waals surface area contributed by atoms with Crippen LogP contribution in [0.3, 0.4) is 0 Å². The highest BCUT2D eigenvalue weighted by molar-refractivity contribution is 5.89. The van der Waals surface area contributed by atoms with Crippen LogP contribution in [-0.4, -0.2) is 56.5 Å². The Morgan fingerprint density at radius 3 is 2.39 bits per heavy atom. The maximum atomic E-state index is 12.3. The van der Waals surface area contributed by atoms with Gasteiger partial charge in [-0.25, -0.2) is 0 Å². The summed E-state index contributed by atoms with van der Waals surface area (Å²) in [5, 5.41) is 3.01. The molecule has 2 unspecified atom stereocenters. The first-order chi connectivity index (χ1) is 8.49. The number of rotatable bonds is 9. The van der Waals surface area contributed by atoms with Gasteiger partial charge in [0.1, 0.15) is 6.04 Å². The molecule has 0 aromatic rings. The summed E-state index contributed by atoms with van der Waals surface area (Å²) in [5.74, 6) is -0.110. The molecule has 0 fully saturated rings. The van der Waals surface area contributed by atoms with Crippen LogP contribution in [0.15, 0.2) is 0 Å². The largest absolute Gasteiger partial charge is 0.382 e. The number of amides is 1. The first-order valence-corrected chi connectivity index (χ1v) is 6.42. The van der Waals surface area contributed by atoms with Gasteiger partial charge in [0.25, 0.3) is 0 Å². The SMILES string of the molecule is CCCCC(NC)C(=O)N(C)C(COC)C(C)=O. The average Bonchev–Trinajstić information content (AvgIpc) is 2.35. The Morgan fingerprint density at radius 1 is 1.39 bits per heavy atom. The van der Waals surface area contributed by atoms with E-state index in [4.69, 9.17) is 4.74 Å². The highest BCUT2D eigenvalue weighted by Crippen LogP contribution is 2.07. The minimum atomic E-state index is -0.500. The molecule has 0 heterocycles. The number of ketones is 1. The van der Waals surface area contributed by atoms with Gasteiger partial charge in [0.05, 0.1) is 12.6 Å².